The van der Waals surface area contributed by atoms with Crippen molar-refractivity contribution >= 4 is 63.5 Å². The van der Waals surface area contributed by atoms with Crippen LogP contribution >= 0.6 is 34.9 Å². The number of nitrogens with two attached hydrogens (primary N) is 1. The van der Waals surface area contributed by atoms with Gasteiger partial charge < -0.3 is 21.0 Å². The van der Waals surface area contributed by atoms with Crippen molar-refractivity contribution < 1.29 is 24.3 Å². The number of β-lactam (4-membered cyclic amide) rings is 1. The maximum Gasteiger partial charge on any atom is 0.352 e. The highest BCUT2D eigenvalue weighted by molar-refractivity contribution is 8.01. The van der Waals surface area contributed by atoms with Gasteiger partial charge in [0.15, 0.2) is 16.0 Å². The molecule has 0 bridgehead atoms. The van der Waals surface area contributed by atoms with E-state index >= 15 is 0 Å². The van der Waals surface area contributed by atoms with Crippen LogP contribution in [0.25, 0.3) is 0 Å². The van der Waals surface area contributed by atoms with Crippen LogP contribution in [0.4, 0.5) is 5.13 Å². The molecule has 2 aliphatic heterocycles. The van der Waals surface area contributed by atoms with Crippen molar-refractivity contribution in [2.45, 2.75) is 16.6 Å². The maximum absolute atomic E-state index is 12.9. The van der Waals surface area contributed by atoms with E-state index in [2.05, 4.69) is 25.5 Å². The van der Waals surface area contributed by atoms with Gasteiger partial charge in [0.1, 0.15) is 29.9 Å². The predicted octanol–water partition coefficient (Wildman–Crippen LogP) is -1.61. The second-order valence-corrected chi connectivity index (χ2v) is 10.2. The van der Waals surface area contributed by atoms with Gasteiger partial charge in [-0.3, -0.25) is 33.9 Å². The molecule has 0 saturated carbocycles. The van der Waals surface area contributed by atoms with Gasteiger partial charge >= 0.3 is 17.1 Å². The van der Waals surface area contributed by atoms with Gasteiger partial charge in [-0.1, -0.05) is 16.9 Å². The number of amides is 2. The number of carbonyl (C=O) groups is 3. The van der Waals surface area contributed by atoms with Crippen LogP contribution in [0.15, 0.2) is 36.6 Å². The Labute approximate surface area is 213 Å². The summed E-state index contributed by atoms with van der Waals surface area (Å²) in [5.41, 5.74) is 4.00. The maximum atomic E-state index is 12.9. The van der Waals surface area contributed by atoms with Crippen LogP contribution in [0, 0.1) is 0 Å². The van der Waals surface area contributed by atoms with E-state index < -0.39 is 40.3 Å². The molecule has 4 heterocycles. The van der Waals surface area contributed by atoms with Crippen molar-refractivity contribution in [3.63, 3.8) is 0 Å². The molecular weight excluding hydrogens is 536 g/mol. The fourth-order valence-corrected chi connectivity index (χ4v) is 6.39. The Morgan fingerprint density at radius 3 is 2.78 bits per heavy atom. The summed E-state index contributed by atoms with van der Waals surface area (Å²) in [5, 5.41) is 19.6. The molecule has 2 atom stereocenters. The van der Waals surface area contributed by atoms with Crippen LogP contribution in [-0.2, 0) is 26.3 Å². The first-order valence-electron chi connectivity index (χ1n) is 9.96. The monoisotopic (exact) mass is 554 g/mol. The number of aryl methyl sites for hydroxylation is 1. The number of carbonyl (C=O) groups excluding carboxylic acids is 2. The molecule has 0 spiro atoms. The summed E-state index contributed by atoms with van der Waals surface area (Å²) < 4.78 is 1.25. The Morgan fingerprint density at radius 1 is 1.39 bits per heavy atom. The molecule has 18 heteroatoms. The number of fused-ring (bicyclic) bond motifs is 1. The number of carboxylic acids is 1. The number of anilines is 1. The van der Waals surface area contributed by atoms with Crippen molar-refractivity contribution in [2.75, 3.05) is 24.3 Å². The van der Waals surface area contributed by atoms with E-state index in [1.807, 2.05) is 0 Å². The van der Waals surface area contributed by atoms with Crippen molar-refractivity contribution in [1.82, 2.24) is 30.0 Å². The van der Waals surface area contributed by atoms with Crippen molar-refractivity contribution in [2.24, 2.45) is 12.2 Å². The number of nitrogens with one attached hydrogen (secondary N) is 2. The molecular formula is C18H18N8O7S3. The molecule has 190 valence electrons. The molecule has 0 aliphatic carbocycles. The first-order valence-corrected chi connectivity index (χ1v) is 12.9. The van der Waals surface area contributed by atoms with Crippen molar-refractivity contribution in [1.29, 1.82) is 0 Å². The van der Waals surface area contributed by atoms with E-state index in [-0.39, 0.29) is 38.9 Å². The number of H-pyrrole nitrogens is 1. The highest BCUT2D eigenvalue weighted by Gasteiger charge is 2.54. The third-order valence-electron chi connectivity index (χ3n) is 5.02. The average molecular weight is 555 g/mol. The van der Waals surface area contributed by atoms with Gasteiger partial charge in [0.05, 0.1) is 0 Å². The molecule has 0 aromatic carbocycles. The molecule has 2 amide bonds. The van der Waals surface area contributed by atoms with Gasteiger partial charge in [-0.25, -0.2) is 9.78 Å². The minimum absolute atomic E-state index is 0.102. The number of thioether (sulfide) groups is 2. The van der Waals surface area contributed by atoms with E-state index in [0.29, 0.717) is 5.57 Å². The Kier molecular flexibility index (Phi) is 7.18. The molecule has 15 nitrogen and oxygen atoms in total. The Bertz CT molecular complexity index is 1430. The van der Waals surface area contributed by atoms with Crippen LogP contribution in [0.2, 0.25) is 0 Å². The minimum Gasteiger partial charge on any atom is -0.477 e. The summed E-state index contributed by atoms with van der Waals surface area (Å²) in [4.78, 5) is 74.3. The summed E-state index contributed by atoms with van der Waals surface area (Å²) in [5.74, 6) is -2.30. The molecule has 2 aliphatic rings. The Balaban J connectivity index is 1.51. The van der Waals surface area contributed by atoms with E-state index in [1.165, 1.54) is 36.0 Å². The molecule has 4 rings (SSSR count). The summed E-state index contributed by atoms with van der Waals surface area (Å²) >= 11 is 3.41. The number of hydrogen-bond donors (Lipinski definition) is 4. The van der Waals surface area contributed by atoms with Crippen LogP contribution < -0.4 is 22.2 Å². The lowest BCUT2D eigenvalue weighted by molar-refractivity contribution is -0.150. The van der Waals surface area contributed by atoms with E-state index in [0.717, 1.165) is 28.0 Å². The SMILES string of the molecule is CO/N=C(/C(=O)N[C@@H]1C(=O)N2C(C(=O)O)=C(CSc3nc(=O)c(=O)[nH]n3C)CSC12)c1csc(N)n1. The molecule has 0 radical (unpaired) electrons. The minimum atomic E-state index is -1.31. The van der Waals surface area contributed by atoms with Gasteiger partial charge in [0.25, 0.3) is 11.8 Å². The van der Waals surface area contributed by atoms with E-state index in [4.69, 9.17) is 10.6 Å². The first kappa shape index (κ1) is 25.5. The molecule has 2 aromatic rings. The largest absolute Gasteiger partial charge is 0.477 e. The van der Waals surface area contributed by atoms with Crippen LogP contribution in [-0.4, -0.2) is 83.3 Å². The van der Waals surface area contributed by atoms with Crippen LogP contribution in [0.1, 0.15) is 5.69 Å². The zero-order valence-electron chi connectivity index (χ0n) is 18.6. The lowest BCUT2D eigenvalue weighted by atomic mass is 10.0. The highest BCUT2D eigenvalue weighted by atomic mass is 32.2. The number of nitrogens with zero attached hydrogens (tertiary/aromatic N) is 5. The van der Waals surface area contributed by atoms with Gasteiger partial charge in [-0.15, -0.1) is 23.1 Å². The summed E-state index contributed by atoms with van der Waals surface area (Å²) in [6, 6.07) is -0.995. The Hall–Kier alpha value is -3.64. The van der Waals surface area contributed by atoms with Crippen LogP contribution in [0.5, 0.6) is 0 Å². The van der Waals surface area contributed by atoms with Gasteiger partial charge in [-0.2, -0.15) is 4.98 Å². The quantitative estimate of drug-likeness (QED) is 0.0953. The number of oxime groups is 1. The third kappa shape index (κ3) is 4.73. The number of aliphatic carboxylic acids is 1. The normalized spacial score (nSPS) is 19.6. The molecule has 1 unspecified atom stereocenters. The van der Waals surface area contributed by atoms with Gasteiger partial charge in [0.2, 0.25) is 0 Å². The van der Waals surface area contributed by atoms with Gasteiger partial charge in [-0.05, 0) is 5.57 Å². The molecule has 2 aromatic heterocycles. The number of aromatic nitrogens is 4. The van der Waals surface area contributed by atoms with E-state index in [1.54, 1.807) is 0 Å². The second kappa shape index (κ2) is 10.2. The standard InChI is InChI=1S/C18H18N8O7S3/c1-25-18(22-12(28)13(29)23-25)36-4-6-3-34-15-9(14(30)26(15)10(6)16(31)32)21-11(27)8(24-33-2)7-5-35-17(19)20-7/h5,9,15H,3-4H2,1-2H3,(H2,19,20)(H,21,27)(H,23,29)(H,31,32)/b24-8+/t9-,15?/m1/s1. The fourth-order valence-electron chi connectivity index (χ4n) is 3.44. The number of carboxylic acid groups (broad SMARTS) is 1. The number of thiazole rings is 1. The number of aromatic amines is 1. The summed E-state index contributed by atoms with van der Waals surface area (Å²) in [6.45, 7) is 0. The van der Waals surface area contributed by atoms with Crippen LogP contribution in [0.3, 0.4) is 0 Å². The molecule has 5 N–H and O–H groups in total. The highest BCUT2D eigenvalue weighted by Crippen LogP contribution is 2.41. The molecule has 1 saturated heterocycles. The van der Waals surface area contributed by atoms with Gasteiger partial charge in [0, 0.05) is 23.9 Å². The number of rotatable bonds is 8. The van der Waals surface area contributed by atoms with Crippen molar-refractivity contribution in [3.8, 4) is 0 Å². The zero-order valence-corrected chi connectivity index (χ0v) is 21.0. The first-order chi connectivity index (χ1) is 17.1. The summed E-state index contributed by atoms with van der Waals surface area (Å²) in [6.07, 6.45) is 0. The van der Waals surface area contributed by atoms with Crippen molar-refractivity contribution in [3.05, 3.63) is 43.1 Å². The lowest BCUT2D eigenvalue weighted by Gasteiger charge is -2.49. The Morgan fingerprint density at radius 2 is 2.14 bits per heavy atom. The smallest absolute Gasteiger partial charge is 0.352 e. The predicted molar refractivity (Wildman–Crippen MR) is 131 cm³/mol. The lowest BCUT2D eigenvalue weighted by Crippen LogP contribution is -2.71. The third-order valence-corrected chi connectivity index (χ3v) is 8.15. The van der Waals surface area contributed by atoms with E-state index in [9.17, 15) is 29.1 Å². The number of nitrogen functional groups attached to an aromatic ring is 1. The topological polar surface area (TPSA) is 215 Å². The second-order valence-electron chi connectivity index (χ2n) is 7.30. The molecule has 1 fully saturated rings. The number of hydrogen-bond acceptors (Lipinski definition) is 13. The fraction of sp³-hybridized carbons (Fsp3) is 0.333. The summed E-state index contributed by atoms with van der Waals surface area (Å²) in [7, 11) is 2.74. The molecule has 36 heavy (non-hydrogen) atoms. The average Bonchev–Trinajstić information content (AvgIpc) is 3.27. The zero-order chi connectivity index (χ0) is 26.1.